The van der Waals surface area contributed by atoms with Crippen LogP contribution in [0.3, 0.4) is 0 Å². The van der Waals surface area contributed by atoms with Crippen molar-refractivity contribution in [2.24, 2.45) is 61.6 Å². The van der Waals surface area contributed by atoms with Gasteiger partial charge in [0.1, 0.15) is 0 Å². The molecule has 8 aliphatic rings. The van der Waals surface area contributed by atoms with Gasteiger partial charge in [-0.15, -0.1) is 0 Å². The SMILES string of the molecule is C=C1CC/C=C(\C)CCC2C1CC2(C)C.CC12CCCC3(C=CC(C)(C)C3CC1)C2.CC1=CCC[C@@]2(C)C3CCC12CC3(C)C. The molecule has 0 amide bonds. The Bertz CT molecular complexity index is 1250. The van der Waals surface area contributed by atoms with E-state index in [1.807, 2.05) is 0 Å². The van der Waals surface area contributed by atoms with Gasteiger partial charge in [0.15, 0.2) is 0 Å². The standard InChI is InChI=1S/3C15H24/c1-11-6-5-8-14(4)12-7-9-15(11,14)10-13(12,2)3;1-13(2)9-10-15-7-4-6-14(3,11-15)8-5-12(13)15;1-11-6-5-7-12(2)13-10-15(3,4)14(13)9-8-11/h6,12H,5,7-10H2,1-4H3;9-10,12H,4-8,11H2,1-3H3;6,13-14H,2,5,7-10H2,1,3-4H3/b;;11-6+/t12?,14-,15?;;/m0../s1. The Morgan fingerprint density at radius 1 is 0.689 bits per heavy atom. The van der Waals surface area contributed by atoms with Crippen LogP contribution in [0.15, 0.2) is 47.6 Å². The predicted molar refractivity (Wildman–Crippen MR) is 196 cm³/mol. The van der Waals surface area contributed by atoms with E-state index in [1.54, 1.807) is 11.1 Å². The molecule has 0 nitrogen and oxygen atoms in total. The third-order valence-electron chi connectivity index (χ3n) is 16.5. The van der Waals surface area contributed by atoms with Crippen LogP contribution in [0.25, 0.3) is 0 Å². The van der Waals surface area contributed by atoms with Gasteiger partial charge in [0.25, 0.3) is 0 Å². The lowest BCUT2D eigenvalue weighted by Crippen LogP contribution is -2.45. The normalized spacial score (nSPS) is 47.3. The number of hydrogen-bond acceptors (Lipinski definition) is 0. The van der Waals surface area contributed by atoms with E-state index in [2.05, 4.69) is 100 Å². The molecule has 0 aliphatic heterocycles. The minimum Gasteiger partial charge on any atom is -0.0996 e. The first-order valence-corrected chi connectivity index (χ1v) is 19.6. The molecule has 4 bridgehead atoms. The van der Waals surface area contributed by atoms with Gasteiger partial charge in [-0.25, -0.2) is 0 Å². The van der Waals surface area contributed by atoms with E-state index in [0.29, 0.717) is 37.9 Å². The highest BCUT2D eigenvalue weighted by Crippen LogP contribution is 2.77. The van der Waals surface area contributed by atoms with Crippen LogP contribution >= 0.6 is 0 Å². The molecule has 7 unspecified atom stereocenters. The van der Waals surface area contributed by atoms with Crippen LogP contribution in [0, 0.1) is 61.6 Å². The summed E-state index contributed by atoms with van der Waals surface area (Å²) in [6.45, 7) is 28.9. The van der Waals surface area contributed by atoms with Gasteiger partial charge in [0, 0.05) is 0 Å². The van der Waals surface area contributed by atoms with Crippen molar-refractivity contribution in [2.45, 2.75) is 172 Å². The van der Waals surface area contributed by atoms with Crippen LogP contribution in [-0.2, 0) is 0 Å². The Morgan fingerprint density at radius 3 is 2.11 bits per heavy atom. The van der Waals surface area contributed by atoms with Crippen molar-refractivity contribution in [3.05, 3.63) is 47.6 Å². The Balaban J connectivity index is 0.000000119. The molecule has 0 saturated heterocycles. The van der Waals surface area contributed by atoms with Crippen LogP contribution in [0.5, 0.6) is 0 Å². The summed E-state index contributed by atoms with van der Waals surface area (Å²) in [5, 5.41) is 0. The minimum atomic E-state index is 0.471. The average molecular weight is 613 g/mol. The summed E-state index contributed by atoms with van der Waals surface area (Å²) in [4.78, 5) is 0. The molecular weight excluding hydrogens is 540 g/mol. The molecule has 0 aromatic rings. The van der Waals surface area contributed by atoms with Gasteiger partial charge in [-0.3, -0.25) is 0 Å². The first kappa shape index (κ1) is 33.8. The molecule has 0 aromatic heterocycles. The van der Waals surface area contributed by atoms with E-state index < -0.39 is 0 Å². The Morgan fingerprint density at radius 2 is 1.42 bits per heavy atom. The second-order valence-corrected chi connectivity index (χ2v) is 20.7. The topological polar surface area (TPSA) is 0 Å². The monoisotopic (exact) mass is 613 g/mol. The van der Waals surface area contributed by atoms with Crippen LogP contribution in [0.4, 0.5) is 0 Å². The Hall–Kier alpha value is -1.04. The van der Waals surface area contributed by atoms with Gasteiger partial charge < -0.3 is 0 Å². The third-order valence-corrected chi connectivity index (χ3v) is 16.5. The largest absolute Gasteiger partial charge is 0.0996 e. The van der Waals surface area contributed by atoms with E-state index in [9.17, 15) is 0 Å². The fraction of sp³-hybridized carbons (Fsp3) is 0.822. The van der Waals surface area contributed by atoms with Crippen molar-refractivity contribution in [3.8, 4) is 0 Å². The lowest BCUT2D eigenvalue weighted by molar-refractivity contribution is -0.0270. The molecule has 45 heavy (non-hydrogen) atoms. The molecule has 0 radical (unpaired) electrons. The summed E-state index contributed by atoms with van der Waals surface area (Å²) >= 11 is 0. The van der Waals surface area contributed by atoms with Gasteiger partial charge in [-0.1, -0.05) is 109 Å². The molecule has 8 rings (SSSR count). The van der Waals surface area contributed by atoms with Gasteiger partial charge in [-0.2, -0.15) is 0 Å². The molecule has 252 valence electrons. The summed E-state index contributed by atoms with van der Waals surface area (Å²) in [7, 11) is 0. The van der Waals surface area contributed by atoms with Crippen molar-refractivity contribution >= 4 is 0 Å². The third kappa shape index (κ3) is 5.55. The second-order valence-electron chi connectivity index (χ2n) is 20.7. The summed E-state index contributed by atoms with van der Waals surface area (Å²) in [6.07, 6.45) is 32.6. The van der Waals surface area contributed by atoms with E-state index in [0.717, 1.165) is 23.7 Å². The Kier molecular flexibility index (Phi) is 8.47. The fourth-order valence-electron chi connectivity index (χ4n) is 14.2. The number of allylic oxidation sites excluding steroid dienone is 7. The molecule has 0 aromatic carbocycles. The highest BCUT2D eigenvalue weighted by Gasteiger charge is 2.68. The minimum absolute atomic E-state index is 0.471. The fourth-order valence-corrected chi connectivity index (χ4v) is 14.2. The molecule has 0 heteroatoms. The van der Waals surface area contributed by atoms with Crippen molar-refractivity contribution < 1.29 is 0 Å². The van der Waals surface area contributed by atoms with Crippen molar-refractivity contribution in [3.63, 3.8) is 0 Å². The maximum absolute atomic E-state index is 4.30. The van der Waals surface area contributed by atoms with Gasteiger partial charge >= 0.3 is 0 Å². The lowest BCUT2D eigenvalue weighted by atomic mass is 9.50. The number of rotatable bonds is 0. The predicted octanol–water partition coefficient (Wildman–Crippen LogP) is 13.8. The van der Waals surface area contributed by atoms with E-state index >= 15 is 0 Å². The summed E-state index contributed by atoms with van der Waals surface area (Å²) in [5.74, 6) is 3.65. The lowest BCUT2D eigenvalue weighted by Gasteiger charge is -2.55. The van der Waals surface area contributed by atoms with E-state index in [4.69, 9.17) is 0 Å². The van der Waals surface area contributed by atoms with Crippen LogP contribution in [0.1, 0.15) is 172 Å². The first-order valence-electron chi connectivity index (χ1n) is 19.6. The van der Waals surface area contributed by atoms with Gasteiger partial charge in [-0.05, 0) is 172 Å². The van der Waals surface area contributed by atoms with Gasteiger partial charge in [0.05, 0.1) is 0 Å². The zero-order chi connectivity index (χ0) is 32.7. The highest BCUT2D eigenvalue weighted by atomic mass is 14.7. The van der Waals surface area contributed by atoms with Crippen LogP contribution in [0.2, 0.25) is 0 Å². The maximum Gasteiger partial charge on any atom is -0.00289 e. The highest BCUT2D eigenvalue weighted by molar-refractivity contribution is 5.31. The molecule has 5 fully saturated rings. The number of fused-ring (bicyclic) bond motifs is 2. The van der Waals surface area contributed by atoms with Crippen molar-refractivity contribution in [1.29, 1.82) is 0 Å². The number of hydrogen-bond donors (Lipinski definition) is 0. The van der Waals surface area contributed by atoms with Crippen molar-refractivity contribution in [2.75, 3.05) is 0 Å². The summed E-state index contributed by atoms with van der Waals surface area (Å²) in [6, 6.07) is 0. The molecule has 0 heterocycles. The summed E-state index contributed by atoms with van der Waals surface area (Å²) < 4.78 is 0. The first-order chi connectivity index (χ1) is 20.9. The second kappa shape index (κ2) is 11.3. The van der Waals surface area contributed by atoms with Gasteiger partial charge in [0.2, 0.25) is 0 Å². The molecule has 5 saturated carbocycles. The van der Waals surface area contributed by atoms with Crippen LogP contribution in [-0.4, -0.2) is 0 Å². The smallest absolute Gasteiger partial charge is 0.00289 e. The molecule has 8 atom stereocenters. The average Bonchev–Trinajstić information content (AvgIpc) is 3.45. The quantitative estimate of drug-likeness (QED) is 0.239. The zero-order valence-corrected chi connectivity index (χ0v) is 31.6. The molecule has 8 aliphatic carbocycles. The molecule has 1 spiro atoms. The zero-order valence-electron chi connectivity index (χ0n) is 31.6. The maximum atomic E-state index is 4.30. The Labute approximate surface area is 280 Å². The molecule has 0 N–H and O–H groups in total. The van der Waals surface area contributed by atoms with Crippen LogP contribution < -0.4 is 0 Å². The van der Waals surface area contributed by atoms with E-state index in [-0.39, 0.29) is 0 Å². The summed E-state index contributed by atoms with van der Waals surface area (Å²) in [5.41, 5.74) is 8.98. The van der Waals surface area contributed by atoms with E-state index in [1.165, 1.54) is 108 Å². The van der Waals surface area contributed by atoms with Crippen molar-refractivity contribution in [1.82, 2.24) is 0 Å². The molecular formula is C45H72.